The zero-order chi connectivity index (χ0) is 16.5. The number of benzene rings is 1. The summed E-state index contributed by atoms with van der Waals surface area (Å²) in [5, 5.41) is 11.8. The number of halogens is 1. The van der Waals surface area contributed by atoms with Gasteiger partial charge in [-0.25, -0.2) is 9.07 Å². The Kier molecular flexibility index (Phi) is 3.83. The van der Waals surface area contributed by atoms with Crippen molar-refractivity contribution in [2.24, 2.45) is 0 Å². The maximum absolute atomic E-state index is 13.0. The Hall–Kier alpha value is -2.58. The summed E-state index contributed by atoms with van der Waals surface area (Å²) in [6.07, 6.45) is 1.78. The summed E-state index contributed by atoms with van der Waals surface area (Å²) in [6.45, 7) is 2.69. The summed E-state index contributed by atoms with van der Waals surface area (Å²) in [5.74, 6) is 0.749. The first-order chi connectivity index (χ1) is 11.7. The van der Waals surface area contributed by atoms with Gasteiger partial charge >= 0.3 is 0 Å². The molecule has 8 heteroatoms. The van der Waals surface area contributed by atoms with Crippen LogP contribution >= 0.6 is 0 Å². The summed E-state index contributed by atoms with van der Waals surface area (Å²) < 4.78 is 20.0. The highest BCUT2D eigenvalue weighted by Crippen LogP contribution is 2.22. The number of hydrogen-bond donors (Lipinski definition) is 1. The molecule has 4 rings (SSSR count). The van der Waals surface area contributed by atoms with Crippen molar-refractivity contribution in [1.29, 1.82) is 0 Å². The molecule has 0 aliphatic carbocycles. The van der Waals surface area contributed by atoms with Gasteiger partial charge in [-0.3, -0.25) is 4.90 Å². The van der Waals surface area contributed by atoms with Crippen molar-refractivity contribution < 1.29 is 8.91 Å². The minimum Gasteiger partial charge on any atom is -0.332 e. The molecule has 24 heavy (non-hydrogen) atoms. The Morgan fingerprint density at radius 2 is 2.08 bits per heavy atom. The summed E-state index contributed by atoms with van der Waals surface area (Å²) in [5.41, 5.74) is 1.35. The maximum atomic E-state index is 13.0. The van der Waals surface area contributed by atoms with Gasteiger partial charge in [0, 0.05) is 25.8 Å². The number of likely N-dealkylation sites (N-methyl/N-ethyl adjacent to an activating group) is 1. The molecule has 3 aromatic rings. The van der Waals surface area contributed by atoms with Crippen LogP contribution in [0.3, 0.4) is 0 Å². The van der Waals surface area contributed by atoms with Gasteiger partial charge in [0.05, 0.1) is 11.7 Å². The van der Waals surface area contributed by atoms with E-state index in [2.05, 4.69) is 25.5 Å². The minimum absolute atomic E-state index is 0.0930. The van der Waals surface area contributed by atoms with Gasteiger partial charge < -0.3 is 9.84 Å². The first kappa shape index (κ1) is 15.0. The third-order valence-corrected chi connectivity index (χ3v) is 4.15. The average Bonchev–Trinajstić information content (AvgIpc) is 3.25. The Labute approximate surface area is 138 Å². The molecule has 3 heterocycles. The zero-order valence-corrected chi connectivity index (χ0v) is 13.2. The van der Waals surface area contributed by atoms with E-state index < -0.39 is 0 Å². The van der Waals surface area contributed by atoms with E-state index in [-0.39, 0.29) is 11.9 Å². The highest BCUT2D eigenvalue weighted by molar-refractivity contribution is 5.46. The average molecular weight is 328 g/mol. The van der Waals surface area contributed by atoms with E-state index in [1.165, 1.54) is 12.1 Å². The summed E-state index contributed by atoms with van der Waals surface area (Å²) in [7, 11) is 2.05. The topological polar surface area (TPSA) is 72.0 Å². The maximum Gasteiger partial charge on any atom is 0.278 e. The first-order valence-electron chi connectivity index (χ1n) is 7.77. The molecule has 0 spiro atoms. The van der Waals surface area contributed by atoms with Gasteiger partial charge in [0.15, 0.2) is 11.5 Å². The minimum atomic E-state index is -0.280. The quantitative estimate of drug-likeness (QED) is 0.788. The van der Waals surface area contributed by atoms with Crippen molar-refractivity contribution in [3.63, 3.8) is 0 Å². The predicted octanol–water partition coefficient (Wildman–Crippen LogP) is 1.64. The molecule has 1 aliphatic rings. The van der Waals surface area contributed by atoms with Crippen molar-refractivity contribution in [2.45, 2.75) is 6.04 Å². The van der Waals surface area contributed by atoms with Crippen LogP contribution in [0, 0.1) is 5.82 Å². The van der Waals surface area contributed by atoms with Crippen LogP contribution in [-0.4, -0.2) is 51.5 Å². The second-order valence-corrected chi connectivity index (χ2v) is 5.78. The molecular weight excluding hydrogens is 311 g/mol. The molecule has 0 saturated carbocycles. The van der Waals surface area contributed by atoms with Crippen LogP contribution in [0.25, 0.3) is 17.3 Å². The number of nitrogens with one attached hydrogen (secondary N) is 1. The van der Waals surface area contributed by atoms with Gasteiger partial charge in [0.2, 0.25) is 0 Å². The third-order valence-electron chi connectivity index (χ3n) is 4.15. The number of hydrogen-bond acceptors (Lipinski definition) is 6. The number of nitrogens with zero attached hydrogens (tertiary/aromatic N) is 5. The number of aromatic nitrogens is 4. The third kappa shape index (κ3) is 2.81. The largest absolute Gasteiger partial charge is 0.332 e. The van der Waals surface area contributed by atoms with E-state index in [1.807, 2.05) is 7.05 Å². The first-order valence-corrected chi connectivity index (χ1v) is 7.77. The van der Waals surface area contributed by atoms with Gasteiger partial charge in [-0.05, 0) is 37.4 Å². The molecular formula is C16H17FN6O. The van der Waals surface area contributed by atoms with Gasteiger partial charge in [0.25, 0.3) is 5.89 Å². The second-order valence-electron chi connectivity index (χ2n) is 5.78. The smallest absolute Gasteiger partial charge is 0.278 e. The van der Waals surface area contributed by atoms with Gasteiger partial charge in [-0.2, -0.15) is 10.1 Å². The Balaban J connectivity index is 1.58. The Morgan fingerprint density at radius 3 is 2.88 bits per heavy atom. The van der Waals surface area contributed by atoms with Crippen LogP contribution in [0.5, 0.6) is 0 Å². The fourth-order valence-corrected chi connectivity index (χ4v) is 2.74. The Morgan fingerprint density at radius 1 is 1.25 bits per heavy atom. The lowest BCUT2D eigenvalue weighted by molar-refractivity contribution is 0.190. The number of rotatable bonds is 3. The fourth-order valence-electron chi connectivity index (χ4n) is 2.74. The zero-order valence-electron chi connectivity index (χ0n) is 13.2. The van der Waals surface area contributed by atoms with Crippen molar-refractivity contribution in [2.75, 3.05) is 26.7 Å². The normalized spacial score (nSPS) is 18.8. The van der Waals surface area contributed by atoms with Crippen LogP contribution in [0.4, 0.5) is 4.39 Å². The van der Waals surface area contributed by atoms with Gasteiger partial charge in [-0.15, -0.1) is 0 Å². The highest BCUT2D eigenvalue weighted by atomic mass is 19.1. The fraction of sp³-hybridized carbons (Fsp3) is 0.312. The molecule has 2 aromatic heterocycles. The van der Waals surface area contributed by atoms with Crippen LogP contribution < -0.4 is 5.32 Å². The van der Waals surface area contributed by atoms with Crippen LogP contribution in [0.1, 0.15) is 11.9 Å². The molecule has 0 bridgehead atoms. The monoisotopic (exact) mass is 328 g/mol. The molecule has 1 N–H and O–H groups in total. The summed E-state index contributed by atoms with van der Waals surface area (Å²) in [4.78, 5) is 6.68. The van der Waals surface area contributed by atoms with E-state index in [9.17, 15) is 4.39 Å². The van der Waals surface area contributed by atoms with Gasteiger partial charge in [0.1, 0.15) is 5.82 Å². The molecule has 1 aromatic carbocycles. The predicted molar refractivity (Wildman–Crippen MR) is 85.1 cm³/mol. The van der Waals surface area contributed by atoms with Crippen LogP contribution in [-0.2, 0) is 0 Å². The molecule has 1 unspecified atom stereocenters. The summed E-state index contributed by atoms with van der Waals surface area (Å²) >= 11 is 0. The Bertz CT molecular complexity index is 827. The second kappa shape index (κ2) is 6.14. The van der Waals surface area contributed by atoms with Crippen molar-refractivity contribution >= 4 is 0 Å². The summed E-state index contributed by atoms with van der Waals surface area (Å²) in [6, 6.07) is 8.00. The van der Waals surface area contributed by atoms with E-state index in [4.69, 9.17) is 4.52 Å². The molecule has 1 saturated heterocycles. The lowest BCUT2D eigenvalue weighted by atomic mass is 10.2. The highest BCUT2D eigenvalue weighted by Gasteiger charge is 2.25. The molecule has 0 amide bonds. The van der Waals surface area contributed by atoms with E-state index >= 15 is 0 Å². The van der Waals surface area contributed by atoms with Crippen molar-refractivity contribution in [1.82, 2.24) is 30.1 Å². The molecule has 0 radical (unpaired) electrons. The molecule has 1 aliphatic heterocycles. The lowest BCUT2D eigenvalue weighted by Gasteiger charge is -2.30. The van der Waals surface area contributed by atoms with E-state index in [1.54, 1.807) is 29.1 Å². The molecule has 124 valence electrons. The van der Waals surface area contributed by atoms with Crippen LogP contribution in [0.15, 0.2) is 41.1 Å². The lowest BCUT2D eigenvalue weighted by Crippen LogP contribution is -2.44. The molecule has 1 atom stereocenters. The standard InChI is InChI=1S/C16H17FN6O/c1-22-9-7-18-10-14(22)15-19-16(24-21-15)13-6-8-23(20-13)12-4-2-11(17)3-5-12/h2-6,8,14,18H,7,9-10H2,1H3. The van der Waals surface area contributed by atoms with Crippen molar-refractivity contribution in [3.05, 3.63) is 48.2 Å². The van der Waals surface area contributed by atoms with Crippen molar-refractivity contribution in [3.8, 4) is 17.3 Å². The number of piperazine rings is 1. The van der Waals surface area contributed by atoms with E-state index in [0.717, 1.165) is 25.3 Å². The van der Waals surface area contributed by atoms with Crippen LogP contribution in [0.2, 0.25) is 0 Å². The molecule has 1 fully saturated rings. The van der Waals surface area contributed by atoms with Gasteiger partial charge in [-0.1, -0.05) is 5.16 Å². The van der Waals surface area contributed by atoms with E-state index in [0.29, 0.717) is 17.4 Å². The molecule has 7 nitrogen and oxygen atoms in total. The SMILES string of the molecule is CN1CCNCC1c1noc(-c2ccn(-c3ccc(F)cc3)n2)n1.